The standard InChI is InChI=1S/C20H20N4O/c1-13-5-4-6-17(8-13)24-20-21-11-16(12-22-20)19(25)23-18-9-14(2)7-15(3)10-18/h4-12H,1-3H3,(H,23,25)(H,21,22,24). The van der Waals surface area contributed by atoms with Gasteiger partial charge in [0.2, 0.25) is 5.95 Å². The van der Waals surface area contributed by atoms with Gasteiger partial charge in [-0.3, -0.25) is 4.79 Å². The van der Waals surface area contributed by atoms with Crippen molar-refractivity contribution in [3.63, 3.8) is 0 Å². The zero-order chi connectivity index (χ0) is 17.8. The Bertz CT molecular complexity index is 884. The van der Waals surface area contributed by atoms with Crippen molar-refractivity contribution >= 4 is 23.2 Å². The molecule has 2 N–H and O–H groups in total. The molecule has 0 aliphatic carbocycles. The van der Waals surface area contributed by atoms with Gasteiger partial charge < -0.3 is 10.6 Å². The molecule has 3 aromatic rings. The van der Waals surface area contributed by atoms with E-state index in [4.69, 9.17) is 0 Å². The van der Waals surface area contributed by atoms with E-state index in [0.717, 1.165) is 28.1 Å². The summed E-state index contributed by atoms with van der Waals surface area (Å²) >= 11 is 0. The van der Waals surface area contributed by atoms with Gasteiger partial charge in [0.25, 0.3) is 5.91 Å². The van der Waals surface area contributed by atoms with Gasteiger partial charge in [0.05, 0.1) is 5.56 Å². The largest absolute Gasteiger partial charge is 0.324 e. The lowest BCUT2D eigenvalue weighted by Crippen LogP contribution is -2.13. The minimum Gasteiger partial charge on any atom is -0.324 e. The van der Waals surface area contributed by atoms with E-state index in [-0.39, 0.29) is 5.91 Å². The van der Waals surface area contributed by atoms with E-state index in [2.05, 4.69) is 26.7 Å². The summed E-state index contributed by atoms with van der Waals surface area (Å²) in [4.78, 5) is 20.8. The fraction of sp³-hybridized carbons (Fsp3) is 0.150. The van der Waals surface area contributed by atoms with Crippen LogP contribution in [0.4, 0.5) is 17.3 Å². The first-order valence-electron chi connectivity index (χ1n) is 8.05. The molecule has 25 heavy (non-hydrogen) atoms. The Morgan fingerprint density at radius 1 is 0.840 bits per heavy atom. The van der Waals surface area contributed by atoms with Gasteiger partial charge in [0.15, 0.2) is 0 Å². The van der Waals surface area contributed by atoms with Crippen LogP contribution < -0.4 is 10.6 Å². The molecule has 0 aliphatic rings. The topological polar surface area (TPSA) is 66.9 Å². The maximum absolute atomic E-state index is 12.3. The number of hydrogen-bond donors (Lipinski definition) is 2. The number of nitrogens with zero attached hydrogens (tertiary/aromatic N) is 2. The number of anilines is 3. The predicted molar refractivity (Wildman–Crippen MR) is 100 cm³/mol. The van der Waals surface area contributed by atoms with E-state index in [9.17, 15) is 4.79 Å². The first kappa shape index (κ1) is 16.6. The minimum atomic E-state index is -0.230. The van der Waals surface area contributed by atoms with E-state index >= 15 is 0 Å². The summed E-state index contributed by atoms with van der Waals surface area (Å²) in [6.45, 7) is 6.02. The quantitative estimate of drug-likeness (QED) is 0.743. The highest BCUT2D eigenvalue weighted by molar-refractivity contribution is 6.04. The van der Waals surface area contributed by atoms with Crippen molar-refractivity contribution in [2.45, 2.75) is 20.8 Å². The van der Waals surface area contributed by atoms with Crippen LogP contribution in [0.2, 0.25) is 0 Å². The van der Waals surface area contributed by atoms with Crippen LogP contribution >= 0.6 is 0 Å². The molecule has 0 bridgehead atoms. The first-order chi connectivity index (χ1) is 12.0. The minimum absolute atomic E-state index is 0.230. The molecule has 1 heterocycles. The molecule has 2 aromatic carbocycles. The molecule has 0 saturated carbocycles. The fourth-order valence-electron chi connectivity index (χ4n) is 2.61. The summed E-state index contributed by atoms with van der Waals surface area (Å²) in [5.41, 5.74) is 5.44. The van der Waals surface area contributed by atoms with Crippen molar-refractivity contribution in [2.24, 2.45) is 0 Å². The molecule has 3 rings (SSSR count). The molecule has 0 atom stereocenters. The first-order valence-corrected chi connectivity index (χ1v) is 8.05. The van der Waals surface area contributed by atoms with Crippen LogP contribution in [-0.2, 0) is 0 Å². The number of benzene rings is 2. The number of rotatable bonds is 4. The molecule has 0 saturated heterocycles. The highest BCUT2D eigenvalue weighted by atomic mass is 16.1. The predicted octanol–water partition coefficient (Wildman–Crippen LogP) is 4.40. The molecule has 126 valence electrons. The van der Waals surface area contributed by atoms with Crippen LogP contribution in [0.25, 0.3) is 0 Å². The van der Waals surface area contributed by atoms with Gasteiger partial charge in [-0.2, -0.15) is 0 Å². The highest BCUT2D eigenvalue weighted by Crippen LogP contribution is 2.16. The van der Waals surface area contributed by atoms with Crippen LogP contribution in [0, 0.1) is 20.8 Å². The van der Waals surface area contributed by atoms with E-state index in [1.807, 2.05) is 57.2 Å². The molecule has 1 aromatic heterocycles. The molecule has 5 heteroatoms. The lowest BCUT2D eigenvalue weighted by atomic mass is 10.1. The zero-order valence-corrected chi connectivity index (χ0v) is 14.5. The number of aromatic nitrogens is 2. The van der Waals surface area contributed by atoms with Crippen molar-refractivity contribution in [3.8, 4) is 0 Å². The van der Waals surface area contributed by atoms with Crippen LogP contribution in [0.1, 0.15) is 27.0 Å². The van der Waals surface area contributed by atoms with Crippen LogP contribution in [-0.4, -0.2) is 15.9 Å². The second kappa shape index (κ2) is 7.13. The third kappa shape index (κ3) is 4.41. The van der Waals surface area contributed by atoms with Gasteiger partial charge in [-0.15, -0.1) is 0 Å². The summed E-state index contributed by atoms with van der Waals surface area (Å²) in [5.74, 6) is 0.223. The Morgan fingerprint density at radius 3 is 2.12 bits per heavy atom. The zero-order valence-electron chi connectivity index (χ0n) is 14.5. The second-order valence-electron chi connectivity index (χ2n) is 6.12. The number of aryl methyl sites for hydroxylation is 3. The molecule has 1 amide bonds. The molecular weight excluding hydrogens is 312 g/mol. The average molecular weight is 332 g/mol. The van der Waals surface area contributed by atoms with Gasteiger partial charge in [0.1, 0.15) is 0 Å². The van der Waals surface area contributed by atoms with Gasteiger partial charge >= 0.3 is 0 Å². The maximum Gasteiger partial charge on any atom is 0.258 e. The van der Waals surface area contributed by atoms with Gasteiger partial charge in [-0.1, -0.05) is 18.2 Å². The summed E-state index contributed by atoms with van der Waals surface area (Å²) < 4.78 is 0. The van der Waals surface area contributed by atoms with Crippen molar-refractivity contribution in [1.82, 2.24) is 9.97 Å². The average Bonchev–Trinajstić information content (AvgIpc) is 2.54. The van der Waals surface area contributed by atoms with Crippen molar-refractivity contribution in [3.05, 3.63) is 77.1 Å². The van der Waals surface area contributed by atoms with Crippen molar-refractivity contribution < 1.29 is 4.79 Å². The fourth-order valence-corrected chi connectivity index (χ4v) is 2.61. The third-order valence-corrected chi connectivity index (χ3v) is 3.67. The lowest BCUT2D eigenvalue weighted by molar-refractivity contribution is 0.102. The molecule has 5 nitrogen and oxygen atoms in total. The van der Waals surface area contributed by atoms with Gasteiger partial charge in [-0.25, -0.2) is 9.97 Å². The Kier molecular flexibility index (Phi) is 4.75. The lowest BCUT2D eigenvalue weighted by Gasteiger charge is -2.08. The van der Waals surface area contributed by atoms with E-state index < -0.39 is 0 Å². The van der Waals surface area contributed by atoms with E-state index in [0.29, 0.717) is 11.5 Å². The number of nitrogens with one attached hydrogen (secondary N) is 2. The molecule has 0 aliphatic heterocycles. The van der Waals surface area contributed by atoms with Crippen LogP contribution in [0.5, 0.6) is 0 Å². The molecule has 0 radical (unpaired) electrons. The SMILES string of the molecule is Cc1cc(C)cc(NC(=O)c2cnc(Nc3cccc(C)c3)nc2)c1. The Hall–Kier alpha value is -3.21. The Morgan fingerprint density at radius 2 is 1.48 bits per heavy atom. The number of carbonyl (C=O) groups is 1. The maximum atomic E-state index is 12.3. The van der Waals surface area contributed by atoms with Crippen molar-refractivity contribution in [2.75, 3.05) is 10.6 Å². The number of amides is 1. The summed E-state index contributed by atoms with van der Waals surface area (Å²) in [6, 6.07) is 13.8. The molecular formula is C20H20N4O. The van der Waals surface area contributed by atoms with Gasteiger partial charge in [0, 0.05) is 23.8 Å². The smallest absolute Gasteiger partial charge is 0.258 e. The highest BCUT2D eigenvalue weighted by Gasteiger charge is 2.08. The summed E-state index contributed by atoms with van der Waals surface area (Å²) in [5, 5.41) is 6.00. The third-order valence-electron chi connectivity index (χ3n) is 3.67. The van der Waals surface area contributed by atoms with Crippen LogP contribution in [0.3, 0.4) is 0 Å². The Balaban J connectivity index is 1.70. The number of hydrogen-bond acceptors (Lipinski definition) is 4. The van der Waals surface area contributed by atoms with E-state index in [1.54, 1.807) is 0 Å². The van der Waals surface area contributed by atoms with Gasteiger partial charge in [-0.05, 0) is 61.7 Å². The molecule has 0 fully saturated rings. The summed E-state index contributed by atoms with van der Waals surface area (Å²) in [6.07, 6.45) is 3.03. The van der Waals surface area contributed by atoms with Crippen molar-refractivity contribution in [1.29, 1.82) is 0 Å². The van der Waals surface area contributed by atoms with E-state index in [1.165, 1.54) is 12.4 Å². The van der Waals surface area contributed by atoms with Crippen LogP contribution in [0.15, 0.2) is 54.9 Å². The summed E-state index contributed by atoms with van der Waals surface area (Å²) in [7, 11) is 0. The monoisotopic (exact) mass is 332 g/mol. The Labute approximate surface area is 147 Å². The normalized spacial score (nSPS) is 10.4. The molecule has 0 unspecified atom stereocenters. The second-order valence-corrected chi connectivity index (χ2v) is 6.12. The number of carbonyl (C=O) groups excluding carboxylic acids is 1. The molecule has 0 spiro atoms.